The van der Waals surface area contributed by atoms with Gasteiger partial charge in [-0.1, -0.05) is 12.1 Å². The number of nitrogens with zero attached hydrogens (tertiary/aromatic N) is 3. The van der Waals surface area contributed by atoms with Gasteiger partial charge >= 0.3 is 0 Å². The molecule has 24 heavy (non-hydrogen) atoms. The number of furan rings is 1. The van der Waals surface area contributed by atoms with Crippen molar-refractivity contribution in [1.29, 1.82) is 5.26 Å². The van der Waals surface area contributed by atoms with Crippen molar-refractivity contribution in [3.63, 3.8) is 0 Å². The van der Waals surface area contributed by atoms with Crippen molar-refractivity contribution in [3.05, 3.63) is 57.8 Å². The number of benzene rings is 1. The Hall–Kier alpha value is -3.11. The minimum Gasteiger partial charge on any atom is -0.441 e. The molecule has 0 bridgehead atoms. The van der Waals surface area contributed by atoms with E-state index in [1.54, 1.807) is 24.3 Å². The number of morpholine rings is 1. The van der Waals surface area contributed by atoms with E-state index in [4.69, 9.17) is 9.15 Å². The first kappa shape index (κ1) is 15.8. The van der Waals surface area contributed by atoms with E-state index in [0.29, 0.717) is 30.1 Å². The van der Waals surface area contributed by atoms with Gasteiger partial charge in [-0.05, 0) is 17.7 Å². The van der Waals surface area contributed by atoms with Gasteiger partial charge in [-0.2, -0.15) is 5.26 Å². The van der Waals surface area contributed by atoms with E-state index in [0.717, 1.165) is 19.0 Å². The molecule has 3 rings (SSSR count). The smallest absolute Gasteiger partial charge is 0.270 e. The zero-order chi connectivity index (χ0) is 16.9. The molecule has 0 saturated carbocycles. The molecule has 1 fully saturated rings. The van der Waals surface area contributed by atoms with Crippen LogP contribution in [0.5, 0.6) is 0 Å². The second kappa shape index (κ2) is 6.98. The molecule has 2 heterocycles. The van der Waals surface area contributed by atoms with Crippen LogP contribution in [0.1, 0.15) is 11.3 Å². The lowest BCUT2D eigenvalue weighted by Gasteiger charge is -2.26. The van der Waals surface area contributed by atoms with Crippen LogP contribution in [0.2, 0.25) is 0 Å². The van der Waals surface area contributed by atoms with Crippen molar-refractivity contribution < 1.29 is 14.1 Å². The molecule has 7 nitrogen and oxygen atoms in total. The Bertz CT molecular complexity index is 813. The van der Waals surface area contributed by atoms with Gasteiger partial charge in [0.1, 0.15) is 5.76 Å². The summed E-state index contributed by atoms with van der Waals surface area (Å²) in [5.74, 6) is 1.25. The molecule has 0 unspecified atom stereocenters. The Balaban J connectivity index is 1.86. The maximum atomic E-state index is 10.9. The summed E-state index contributed by atoms with van der Waals surface area (Å²) in [4.78, 5) is 12.5. The fourth-order valence-corrected chi connectivity index (χ4v) is 2.48. The van der Waals surface area contributed by atoms with Crippen LogP contribution in [0.4, 0.5) is 11.6 Å². The van der Waals surface area contributed by atoms with Crippen LogP contribution in [0.3, 0.4) is 0 Å². The van der Waals surface area contributed by atoms with Crippen molar-refractivity contribution in [2.75, 3.05) is 31.2 Å². The number of hydrogen-bond acceptors (Lipinski definition) is 6. The highest BCUT2D eigenvalue weighted by Gasteiger charge is 2.15. The lowest BCUT2D eigenvalue weighted by atomic mass is 10.1. The Labute approximate surface area is 138 Å². The molecular weight excluding hydrogens is 310 g/mol. The number of anilines is 1. The van der Waals surface area contributed by atoms with Gasteiger partial charge in [-0.25, -0.2) is 0 Å². The summed E-state index contributed by atoms with van der Waals surface area (Å²) >= 11 is 0. The van der Waals surface area contributed by atoms with E-state index in [2.05, 4.69) is 11.0 Å². The second-order valence-electron chi connectivity index (χ2n) is 5.25. The summed E-state index contributed by atoms with van der Waals surface area (Å²) in [6.45, 7) is 2.82. The van der Waals surface area contributed by atoms with Crippen molar-refractivity contribution >= 4 is 23.2 Å². The van der Waals surface area contributed by atoms with E-state index in [1.807, 2.05) is 6.07 Å². The zero-order valence-corrected chi connectivity index (χ0v) is 12.8. The van der Waals surface area contributed by atoms with E-state index >= 15 is 0 Å². The summed E-state index contributed by atoms with van der Waals surface area (Å²) in [7, 11) is 0. The number of rotatable bonds is 4. The molecule has 1 aliphatic heterocycles. The van der Waals surface area contributed by atoms with Gasteiger partial charge in [-0.3, -0.25) is 10.1 Å². The predicted octanol–water partition coefficient (Wildman–Crippen LogP) is 3.09. The first-order valence-corrected chi connectivity index (χ1v) is 7.46. The molecule has 1 aliphatic rings. The summed E-state index contributed by atoms with van der Waals surface area (Å²) in [6, 6.07) is 11.7. The van der Waals surface area contributed by atoms with Crippen molar-refractivity contribution in [2.45, 2.75) is 0 Å². The molecule has 0 atom stereocenters. The Morgan fingerprint density at radius 1 is 1.29 bits per heavy atom. The minimum atomic E-state index is -0.484. The second-order valence-corrected chi connectivity index (χ2v) is 5.25. The van der Waals surface area contributed by atoms with Crippen LogP contribution in [-0.4, -0.2) is 31.2 Å². The molecule has 0 aliphatic carbocycles. The van der Waals surface area contributed by atoms with Gasteiger partial charge in [0.15, 0.2) is 5.88 Å². The molecule has 0 spiro atoms. The summed E-state index contributed by atoms with van der Waals surface area (Å²) in [5, 5.41) is 20.2. The van der Waals surface area contributed by atoms with Crippen molar-refractivity contribution in [2.24, 2.45) is 0 Å². The number of nitro benzene ring substituents is 1. The fraction of sp³-hybridized carbons (Fsp3) is 0.235. The number of hydrogen-bond donors (Lipinski definition) is 0. The third-order valence-electron chi connectivity index (χ3n) is 3.71. The Morgan fingerprint density at radius 3 is 2.79 bits per heavy atom. The molecule has 7 heteroatoms. The molecule has 1 aromatic carbocycles. The van der Waals surface area contributed by atoms with Gasteiger partial charge in [0.25, 0.3) is 5.69 Å². The number of nitro groups is 1. The van der Waals surface area contributed by atoms with Crippen LogP contribution in [0, 0.1) is 21.4 Å². The SMILES string of the molecule is N#C/C(=C\c1ccc(N2CCOCC2)o1)c1cccc([N+](=O)[O-])c1. The minimum absolute atomic E-state index is 0.0536. The summed E-state index contributed by atoms with van der Waals surface area (Å²) in [6.07, 6.45) is 1.59. The number of nitriles is 1. The zero-order valence-electron chi connectivity index (χ0n) is 12.8. The number of ether oxygens (including phenoxy) is 1. The van der Waals surface area contributed by atoms with Crippen LogP contribution >= 0.6 is 0 Å². The lowest BCUT2D eigenvalue weighted by molar-refractivity contribution is -0.384. The average Bonchev–Trinajstić information content (AvgIpc) is 3.09. The molecule has 0 radical (unpaired) electrons. The van der Waals surface area contributed by atoms with Crippen LogP contribution < -0.4 is 4.90 Å². The van der Waals surface area contributed by atoms with Crippen LogP contribution in [0.15, 0.2) is 40.8 Å². The highest BCUT2D eigenvalue weighted by molar-refractivity contribution is 5.89. The van der Waals surface area contributed by atoms with Crippen molar-refractivity contribution in [3.8, 4) is 6.07 Å². The quantitative estimate of drug-likeness (QED) is 0.487. The molecule has 1 saturated heterocycles. The van der Waals surface area contributed by atoms with Crippen molar-refractivity contribution in [1.82, 2.24) is 0 Å². The molecule has 2 aromatic rings. The number of allylic oxidation sites excluding steroid dienone is 1. The first-order valence-electron chi connectivity index (χ1n) is 7.46. The fourth-order valence-electron chi connectivity index (χ4n) is 2.48. The van der Waals surface area contributed by atoms with Gasteiger partial charge < -0.3 is 14.1 Å². The van der Waals surface area contributed by atoms with E-state index in [-0.39, 0.29) is 5.69 Å². The topological polar surface area (TPSA) is 92.5 Å². The highest BCUT2D eigenvalue weighted by Crippen LogP contribution is 2.25. The van der Waals surface area contributed by atoms with Gasteiger partial charge in [0.2, 0.25) is 0 Å². The molecule has 1 aromatic heterocycles. The monoisotopic (exact) mass is 325 g/mol. The third-order valence-corrected chi connectivity index (χ3v) is 3.71. The molecule has 122 valence electrons. The van der Waals surface area contributed by atoms with E-state index < -0.39 is 4.92 Å². The van der Waals surface area contributed by atoms with Gasteiger partial charge in [0, 0.05) is 31.3 Å². The van der Waals surface area contributed by atoms with Gasteiger partial charge in [0.05, 0.1) is 29.8 Å². The summed E-state index contributed by atoms with van der Waals surface area (Å²) < 4.78 is 11.1. The highest BCUT2D eigenvalue weighted by atomic mass is 16.6. The maximum Gasteiger partial charge on any atom is 0.270 e. The third kappa shape index (κ3) is 3.45. The van der Waals surface area contributed by atoms with E-state index in [9.17, 15) is 15.4 Å². The Kier molecular flexibility index (Phi) is 4.59. The van der Waals surface area contributed by atoms with Gasteiger partial charge in [-0.15, -0.1) is 0 Å². The summed E-state index contributed by atoms with van der Waals surface area (Å²) in [5.41, 5.74) is 0.736. The lowest BCUT2D eigenvalue weighted by Crippen LogP contribution is -2.35. The molecular formula is C17H15N3O4. The molecule has 0 N–H and O–H groups in total. The largest absolute Gasteiger partial charge is 0.441 e. The standard InChI is InChI=1S/C17H15N3O4/c18-12-14(13-2-1-3-15(10-13)20(21)22)11-16-4-5-17(24-16)19-6-8-23-9-7-19/h1-5,10-11H,6-9H2/b14-11+. The van der Waals surface area contributed by atoms with Crippen LogP contribution in [-0.2, 0) is 4.74 Å². The molecule has 0 amide bonds. The number of non-ortho nitro benzene ring substituents is 1. The van der Waals surface area contributed by atoms with Crippen LogP contribution in [0.25, 0.3) is 11.6 Å². The first-order chi connectivity index (χ1) is 11.7. The predicted molar refractivity (Wildman–Crippen MR) is 88.3 cm³/mol. The Morgan fingerprint density at radius 2 is 2.08 bits per heavy atom. The maximum absolute atomic E-state index is 10.9. The van der Waals surface area contributed by atoms with E-state index in [1.165, 1.54) is 12.1 Å². The normalized spacial score (nSPS) is 15.1. The average molecular weight is 325 g/mol.